The lowest BCUT2D eigenvalue weighted by Crippen LogP contribution is -2.34. The Balaban J connectivity index is 1.44. The van der Waals surface area contributed by atoms with E-state index < -0.39 is 0 Å². The Labute approximate surface area is 167 Å². The molecule has 2 amide bonds. The van der Waals surface area contributed by atoms with Gasteiger partial charge in [-0.25, -0.2) is 4.99 Å². The van der Waals surface area contributed by atoms with Crippen LogP contribution in [-0.4, -0.2) is 28.5 Å². The highest BCUT2D eigenvalue weighted by Crippen LogP contribution is 2.34. The number of hydrogen-bond donors (Lipinski definition) is 2. The molecular formula is C20H21N3O2S2. The van der Waals surface area contributed by atoms with Crippen LogP contribution in [0.15, 0.2) is 53.5 Å². The van der Waals surface area contributed by atoms with Gasteiger partial charge in [0.05, 0.1) is 18.0 Å². The quantitative estimate of drug-likeness (QED) is 0.771. The molecule has 0 saturated carbocycles. The maximum Gasteiger partial charge on any atom is 0.243 e. The van der Waals surface area contributed by atoms with Crippen LogP contribution in [0, 0.1) is 0 Å². The van der Waals surface area contributed by atoms with Crippen molar-refractivity contribution in [1.29, 1.82) is 0 Å². The van der Waals surface area contributed by atoms with Crippen LogP contribution in [0.4, 0.5) is 11.4 Å². The Hall–Kier alpha value is -2.25. The molecule has 0 aliphatic carbocycles. The van der Waals surface area contributed by atoms with Gasteiger partial charge < -0.3 is 10.6 Å². The van der Waals surface area contributed by atoms with E-state index in [0.29, 0.717) is 0 Å². The minimum atomic E-state index is -0.229. The minimum absolute atomic E-state index is 0.0418. The Morgan fingerprint density at radius 2 is 1.89 bits per heavy atom. The van der Waals surface area contributed by atoms with Gasteiger partial charge in [-0.15, -0.1) is 0 Å². The zero-order chi connectivity index (χ0) is 19.1. The molecule has 2 N–H and O–H groups in total. The van der Waals surface area contributed by atoms with Crippen LogP contribution in [0.1, 0.15) is 18.1 Å². The number of fused-ring (bicyclic) bond motifs is 1. The summed E-state index contributed by atoms with van der Waals surface area (Å²) in [5.74, 6) is 0.698. The number of thioether (sulfide) groups is 2. The summed E-state index contributed by atoms with van der Waals surface area (Å²) in [6.07, 6.45) is 0.836. The maximum atomic E-state index is 12.1. The summed E-state index contributed by atoms with van der Waals surface area (Å²) in [6, 6.07) is 15.7. The van der Waals surface area contributed by atoms with E-state index in [-0.39, 0.29) is 24.1 Å². The van der Waals surface area contributed by atoms with Gasteiger partial charge >= 0.3 is 0 Å². The molecule has 27 heavy (non-hydrogen) atoms. The maximum absolute atomic E-state index is 12.1. The molecule has 7 heteroatoms. The molecule has 1 heterocycles. The highest BCUT2D eigenvalue weighted by Gasteiger charge is 2.14. The molecule has 0 saturated heterocycles. The Bertz CT molecular complexity index is 868. The molecule has 0 fully saturated rings. The van der Waals surface area contributed by atoms with Gasteiger partial charge in [0.1, 0.15) is 4.38 Å². The number of rotatable bonds is 6. The minimum Gasteiger partial charge on any atom is -0.346 e. The third kappa shape index (κ3) is 5.61. The number of aliphatic imine (C=N–C) groups is 1. The molecule has 0 unspecified atom stereocenters. The zero-order valence-corrected chi connectivity index (χ0v) is 16.7. The van der Waals surface area contributed by atoms with Crippen molar-refractivity contribution in [3.63, 3.8) is 0 Å². The van der Waals surface area contributed by atoms with E-state index in [4.69, 9.17) is 0 Å². The molecule has 0 aromatic heterocycles. The second kappa shape index (κ2) is 9.62. The third-order valence-corrected chi connectivity index (χ3v) is 6.25. The smallest absolute Gasteiger partial charge is 0.243 e. The molecule has 0 spiro atoms. The molecule has 0 radical (unpaired) electrons. The first kappa shape index (κ1) is 19.5. The van der Waals surface area contributed by atoms with Crippen LogP contribution in [0.2, 0.25) is 0 Å². The Morgan fingerprint density at radius 3 is 2.74 bits per heavy atom. The van der Waals surface area contributed by atoms with Crippen molar-refractivity contribution in [2.45, 2.75) is 19.1 Å². The predicted molar refractivity (Wildman–Crippen MR) is 115 cm³/mol. The van der Waals surface area contributed by atoms with Crippen molar-refractivity contribution >= 4 is 51.1 Å². The number of anilines is 1. The van der Waals surface area contributed by atoms with Crippen LogP contribution < -0.4 is 10.6 Å². The monoisotopic (exact) mass is 399 g/mol. The van der Waals surface area contributed by atoms with Gasteiger partial charge in [0.2, 0.25) is 11.8 Å². The molecule has 140 valence electrons. The van der Waals surface area contributed by atoms with E-state index in [1.165, 1.54) is 17.3 Å². The van der Waals surface area contributed by atoms with Crippen molar-refractivity contribution in [2.24, 2.45) is 4.99 Å². The first-order valence-electron chi connectivity index (χ1n) is 8.72. The van der Waals surface area contributed by atoms with Gasteiger partial charge in [-0.3, -0.25) is 9.59 Å². The van der Waals surface area contributed by atoms with Crippen molar-refractivity contribution in [3.8, 4) is 0 Å². The summed E-state index contributed by atoms with van der Waals surface area (Å²) in [6.45, 7) is 1.99. The molecule has 2 aromatic rings. The summed E-state index contributed by atoms with van der Waals surface area (Å²) in [4.78, 5) is 28.7. The standard InChI is InChI=1S/C20H21N3O2S2/c1-2-14-7-3-5-9-16(14)22-18(24)11-21-19(25)13-27-20-23-17-10-6-4-8-15(17)12-26-20/h3-10H,2,11-13H2,1H3,(H,21,25)(H,22,24). The summed E-state index contributed by atoms with van der Waals surface area (Å²) >= 11 is 3.03. The SMILES string of the molecule is CCc1ccccc1NC(=O)CNC(=O)CSC1=Nc2ccccc2CS1. The van der Waals surface area contributed by atoms with Crippen molar-refractivity contribution in [1.82, 2.24) is 5.32 Å². The lowest BCUT2D eigenvalue weighted by Gasteiger charge is -2.14. The van der Waals surface area contributed by atoms with E-state index in [0.717, 1.165) is 33.5 Å². The largest absolute Gasteiger partial charge is 0.346 e. The third-order valence-electron chi connectivity index (χ3n) is 4.00. The van der Waals surface area contributed by atoms with Crippen LogP contribution in [-0.2, 0) is 21.8 Å². The number of hydrogen-bond acceptors (Lipinski definition) is 5. The first-order chi connectivity index (χ1) is 13.2. The van der Waals surface area contributed by atoms with Gasteiger partial charge in [0, 0.05) is 11.4 Å². The number of carbonyl (C=O) groups excluding carboxylic acids is 2. The zero-order valence-electron chi connectivity index (χ0n) is 15.0. The van der Waals surface area contributed by atoms with E-state index in [1.807, 2.05) is 49.4 Å². The topological polar surface area (TPSA) is 70.6 Å². The molecule has 1 aliphatic heterocycles. The van der Waals surface area contributed by atoms with Gasteiger partial charge in [-0.1, -0.05) is 66.8 Å². The fourth-order valence-corrected chi connectivity index (χ4v) is 4.48. The van der Waals surface area contributed by atoms with Crippen LogP contribution >= 0.6 is 23.5 Å². The van der Waals surface area contributed by atoms with Gasteiger partial charge in [-0.2, -0.15) is 0 Å². The average molecular weight is 400 g/mol. The number of carbonyl (C=O) groups is 2. The number of aryl methyl sites for hydroxylation is 1. The van der Waals surface area contributed by atoms with Crippen LogP contribution in [0.5, 0.6) is 0 Å². The van der Waals surface area contributed by atoms with E-state index in [9.17, 15) is 9.59 Å². The fourth-order valence-electron chi connectivity index (χ4n) is 2.59. The number of benzene rings is 2. The van der Waals surface area contributed by atoms with Crippen LogP contribution in [0.25, 0.3) is 0 Å². The van der Waals surface area contributed by atoms with Gasteiger partial charge in [0.15, 0.2) is 0 Å². The number of nitrogens with zero attached hydrogens (tertiary/aromatic N) is 1. The Morgan fingerprint density at radius 1 is 1.11 bits per heavy atom. The van der Waals surface area contributed by atoms with Crippen molar-refractivity contribution in [3.05, 3.63) is 59.7 Å². The summed E-state index contributed by atoms with van der Waals surface area (Å²) < 4.78 is 0.880. The molecule has 2 aromatic carbocycles. The van der Waals surface area contributed by atoms with E-state index in [1.54, 1.807) is 11.8 Å². The molecule has 3 rings (SSSR count). The summed E-state index contributed by atoms with van der Waals surface area (Å²) in [7, 11) is 0. The predicted octanol–water partition coefficient (Wildman–Crippen LogP) is 3.97. The normalized spacial score (nSPS) is 12.7. The summed E-state index contributed by atoms with van der Waals surface area (Å²) in [5.41, 5.74) is 4.04. The van der Waals surface area contributed by atoms with E-state index >= 15 is 0 Å². The molecule has 0 atom stereocenters. The number of amides is 2. The number of para-hydroxylation sites is 2. The summed E-state index contributed by atoms with van der Waals surface area (Å²) in [5, 5.41) is 5.51. The molecule has 1 aliphatic rings. The fraction of sp³-hybridized carbons (Fsp3) is 0.250. The van der Waals surface area contributed by atoms with Gasteiger partial charge in [0.25, 0.3) is 0 Å². The number of nitrogens with one attached hydrogen (secondary N) is 2. The second-order valence-electron chi connectivity index (χ2n) is 5.92. The lowest BCUT2D eigenvalue weighted by molar-refractivity contribution is -0.122. The average Bonchev–Trinajstić information content (AvgIpc) is 2.71. The van der Waals surface area contributed by atoms with E-state index in [2.05, 4.69) is 21.7 Å². The molecule has 0 bridgehead atoms. The van der Waals surface area contributed by atoms with Crippen molar-refractivity contribution in [2.75, 3.05) is 17.6 Å². The highest BCUT2D eigenvalue weighted by molar-refractivity contribution is 8.38. The van der Waals surface area contributed by atoms with Crippen LogP contribution in [0.3, 0.4) is 0 Å². The highest BCUT2D eigenvalue weighted by atomic mass is 32.2. The first-order valence-corrected chi connectivity index (χ1v) is 10.7. The van der Waals surface area contributed by atoms with Crippen molar-refractivity contribution < 1.29 is 9.59 Å². The lowest BCUT2D eigenvalue weighted by atomic mass is 10.1. The van der Waals surface area contributed by atoms with Gasteiger partial charge in [-0.05, 0) is 29.7 Å². The Kier molecular flexibility index (Phi) is 6.95. The molecule has 5 nitrogen and oxygen atoms in total. The second-order valence-corrected chi connectivity index (χ2v) is 8.11. The molecular weight excluding hydrogens is 378 g/mol.